The Balaban J connectivity index is 2.61. The molecular formula is C13H19N3O4. The van der Waals surface area contributed by atoms with Gasteiger partial charge < -0.3 is 15.8 Å². The Bertz CT molecular complexity index is 471. The SMILES string of the molecule is CC(C)(Cc1ccc([N+](=O)[O-])cc1)OC(=O)NCCN. The first kappa shape index (κ1) is 15.9. The van der Waals surface area contributed by atoms with Crippen LogP contribution in [0.4, 0.5) is 10.5 Å². The van der Waals surface area contributed by atoms with Gasteiger partial charge in [-0.15, -0.1) is 0 Å². The Labute approximate surface area is 117 Å². The third-order valence-corrected chi connectivity index (χ3v) is 2.56. The molecule has 7 nitrogen and oxygen atoms in total. The first-order valence-electron chi connectivity index (χ1n) is 6.24. The van der Waals surface area contributed by atoms with Gasteiger partial charge in [-0.1, -0.05) is 12.1 Å². The van der Waals surface area contributed by atoms with Crippen LogP contribution in [0.15, 0.2) is 24.3 Å². The second-order valence-corrected chi connectivity index (χ2v) is 4.96. The van der Waals surface area contributed by atoms with E-state index in [0.717, 1.165) is 5.56 Å². The molecule has 0 aromatic heterocycles. The van der Waals surface area contributed by atoms with Gasteiger partial charge in [-0.05, 0) is 19.4 Å². The zero-order chi connectivity index (χ0) is 15.2. The average Bonchev–Trinajstić information content (AvgIpc) is 2.35. The van der Waals surface area contributed by atoms with Gasteiger partial charge in [0.05, 0.1) is 4.92 Å². The Kier molecular flexibility index (Phi) is 5.45. The van der Waals surface area contributed by atoms with Crippen LogP contribution in [-0.4, -0.2) is 29.7 Å². The molecule has 7 heteroatoms. The lowest BCUT2D eigenvalue weighted by molar-refractivity contribution is -0.384. The normalized spacial score (nSPS) is 10.9. The minimum Gasteiger partial charge on any atom is -0.443 e. The van der Waals surface area contributed by atoms with E-state index < -0.39 is 16.6 Å². The summed E-state index contributed by atoms with van der Waals surface area (Å²) in [5.74, 6) is 0. The Morgan fingerprint density at radius 3 is 2.50 bits per heavy atom. The maximum atomic E-state index is 11.5. The number of nitrogens with two attached hydrogens (primary N) is 1. The summed E-state index contributed by atoms with van der Waals surface area (Å²) >= 11 is 0. The minimum atomic E-state index is -0.713. The summed E-state index contributed by atoms with van der Waals surface area (Å²) in [6.07, 6.45) is -0.0662. The van der Waals surface area contributed by atoms with Crippen molar-refractivity contribution in [3.8, 4) is 0 Å². The van der Waals surface area contributed by atoms with Crippen LogP contribution in [0.1, 0.15) is 19.4 Å². The molecule has 0 unspecified atom stereocenters. The predicted octanol–water partition coefficient (Wildman–Crippen LogP) is 1.60. The lowest BCUT2D eigenvalue weighted by Crippen LogP contribution is -2.38. The maximum Gasteiger partial charge on any atom is 0.407 e. The van der Waals surface area contributed by atoms with Crippen LogP contribution in [-0.2, 0) is 11.2 Å². The number of ether oxygens (including phenoxy) is 1. The molecule has 110 valence electrons. The highest BCUT2D eigenvalue weighted by molar-refractivity contribution is 5.67. The van der Waals surface area contributed by atoms with Crippen molar-refractivity contribution in [2.75, 3.05) is 13.1 Å². The van der Waals surface area contributed by atoms with Crippen LogP contribution in [0.25, 0.3) is 0 Å². The number of amides is 1. The lowest BCUT2D eigenvalue weighted by Gasteiger charge is -2.25. The number of hydrogen-bond donors (Lipinski definition) is 2. The van der Waals surface area contributed by atoms with Crippen LogP contribution >= 0.6 is 0 Å². The molecule has 0 atom stereocenters. The van der Waals surface area contributed by atoms with Gasteiger partial charge in [0.1, 0.15) is 5.60 Å². The van der Waals surface area contributed by atoms with Crippen molar-refractivity contribution >= 4 is 11.8 Å². The van der Waals surface area contributed by atoms with E-state index in [-0.39, 0.29) is 5.69 Å². The van der Waals surface area contributed by atoms with Gasteiger partial charge in [0.2, 0.25) is 0 Å². The molecule has 0 aliphatic carbocycles. The highest BCUT2D eigenvalue weighted by Gasteiger charge is 2.23. The second-order valence-electron chi connectivity index (χ2n) is 4.96. The van der Waals surface area contributed by atoms with Crippen molar-refractivity contribution in [2.24, 2.45) is 5.73 Å². The smallest absolute Gasteiger partial charge is 0.407 e. The van der Waals surface area contributed by atoms with E-state index in [4.69, 9.17) is 10.5 Å². The summed E-state index contributed by atoms with van der Waals surface area (Å²) in [5.41, 5.74) is 5.45. The fourth-order valence-corrected chi connectivity index (χ4v) is 1.72. The monoisotopic (exact) mass is 281 g/mol. The summed E-state index contributed by atoms with van der Waals surface area (Å²) in [4.78, 5) is 21.6. The molecule has 0 radical (unpaired) electrons. The molecule has 0 aliphatic rings. The van der Waals surface area contributed by atoms with Crippen molar-refractivity contribution in [1.82, 2.24) is 5.32 Å². The number of carbonyl (C=O) groups excluding carboxylic acids is 1. The summed E-state index contributed by atoms with van der Waals surface area (Å²) < 4.78 is 5.28. The number of nitro groups is 1. The Morgan fingerprint density at radius 2 is 2.00 bits per heavy atom. The third-order valence-electron chi connectivity index (χ3n) is 2.56. The van der Waals surface area contributed by atoms with E-state index in [2.05, 4.69) is 5.32 Å². The van der Waals surface area contributed by atoms with Gasteiger partial charge in [-0.25, -0.2) is 4.79 Å². The summed E-state index contributed by atoms with van der Waals surface area (Å²) in [6, 6.07) is 6.17. The zero-order valence-corrected chi connectivity index (χ0v) is 11.6. The second kappa shape index (κ2) is 6.85. The van der Waals surface area contributed by atoms with Gasteiger partial charge >= 0.3 is 6.09 Å². The number of nitro benzene ring substituents is 1. The highest BCUT2D eigenvalue weighted by Crippen LogP contribution is 2.19. The predicted molar refractivity (Wildman–Crippen MR) is 74.4 cm³/mol. The molecule has 0 spiro atoms. The molecular weight excluding hydrogens is 262 g/mol. The topological polar surface area (TPSA) is 107 Å². The molecule has 1 aromatic carbocycles. The van der Waals surface area contributed by atoms with Crippen molar-refractivity contribution in [2.45, 2.75) is 25.9 Å². The number of non-ortho nitro benzene ring substituents is 1. The number of carbonyl (C=O) groups is 1. The zero-order valence-electron chi connectivity index (χ0n) is 11.6. The van der Waals surface area contributed by atoms with E-state index >= 15 is 0 Å². The molecule has 1 rings (SSSR count). The number of nitrogens with zero attached hydrogens (tertiary/aromatic N) is 1. The number of rotatable bonds is 6. The van der Waals surface area contributed by atoms with Crippen LogP contribution in [0.3, 0.4) is 0 Å². The van der Waals surface area contributed by atoms with E-state index in [9.17, 15) is 14.9 Å². The lowest BCUT2D eigenvalue weighted by atomic mass is 9.98. The molecule has 0 bridgehead atoms. The number of benzene rings is 1. The van der Waals surface area contributed by atoms with Crippen molar-refractivity contribution in [3.63, 3.8) is 0 Å². The van der Waals surface area contributed by atoms with Crippen LogP contribution < -0.4 is 11.1 Å². The molecule has 0 fully saturated rings. The van der Waals surface area contributed by atoms with Gasteiger partial charge in [0.25, 0.3) is 5.69 Å². The van der Waals surface area contributed by atoms with E-state index in [1.807, 2.05) is 0 Å². The molecule has 0 heterocycles. The van der Waals surface area contributed by atoms with Gasteiger partial charge in [0, 0.05) is 31.6 Å². The van der Waals surface area contributed by atoms with Crippen LogP contribution in [0, 0.1) is 10.1 Å². The van der Waals surface area contributed by atoms with Crippen molar-refractivity contribution in [1.29, 1.82) is 0 Å². The summed E-state index contributed by atoms with van der Waals surface area (Å²) in [7, 11) is 0. The van der Waals surface area contributed by atoms with Crippen LogP contribution in [0.5, 0.6) is 0 Å². The number of hydrogen-bond acceptors (Lipinski definition) is 5. The van der Waals surface area contributed by atoms with Crippen molar-refractivity contribution in [3.05, 3.63) is 39.9 Å². The molecule has 1 amide bonds. The molecule has 1 aromatic rings. The van der Waals surface area contributed by atoms with E-state index in [1.165, 1.54) is 12.1 Å². The Hall–Kier alpha value is -2.15. The third kappa shape index (κ3) is 5.23. The first-order chi connectivity index (χ1) is 9.34. The summed E-state index contributed by atoms with van der Waals surface area (Å²) in [6.45, 7) is 4.25. The largest absolute Gasteiger partial charge is 0.443 e. The summed E-state index contributed by atoms with van der Waals surface area (Å²) in [5, 5.41) is 13.1. The van der Waals surface area contributed by atoms with Gasteiger partial charge in [-0.3, -0.25) is 10.1 Å². The minimum absolute atomic E-state index is 0.0353. The fourth-order valence-electron chi connectivity index (χ4n) is 1.72. The molecule has 0 aliphatic heterocycles. The Morgan fingerprint density at radius 1 is 1.40 bits per heavy atom. The van der Waals surface area contributed by atoms with Crippen molar-refractivity contribution < 1.29 is 14.5 Å². The van der Waals surface area contributed by atoms with Gasteiger partial charge in [0.15, 0.2) is 0 Å². The molecule has 20 heavy (non-hydrogen) atoms. The number of nitrogens with one attached hydrogen (secondary N) is 1. The number of alkyl carbamates (subject to hydrolysis) is 1. The standard InChI is InChI=1S/C13H19N3O4/c1-13(2,20-12(17)15-8-7-14)9-10-3-5-11(6-4-10)16(18)19/h3-6H,7-9,14H2,1-2H3,(H,15,17). The molecule has 0 saturated carbocycles. The van der Waals surface area contributed by atoms with Crippen LogP contribution in [0.2, 0.25) is 0 Å². The van der Waals surface area contributed by atoms with E-state index in [0.29, 0.717) is 19.5 Å². The maximum absolute atomic E-state index is 11.5. The van der Waals surface area contributed by atoms with E-state index in [1.54, 1.807) is 26.0 Å². The average molecular weight is 281 g/mol. The molecule has 3 N–H and O–H groups in total. The highest BCUT2D eigenvalue weighted by atomic mass is 16.6. The quantitative estimate of drug-likeness (QED) is 0.608. The molecule has 0 saturated heterocycles. The fraction of sp³-hybridized carbons (Fsp3) is 0.462. The first-order valence-corrected chi connectivity index (χ1v) is 6.24. The van der Waals surface area contributed by atoms with Gasteiger partial charge in [-0.2, -0.15) is 0 Å².